The maximum atomic E-state index is 13.3. The zero-order valence-electron chi connectivity index (χ0n) is 18.2. The van der Waals surface area contributed by atoms with Crippen LogP contribution in [0.2, 0.25) is 0 Å². The second kappa shape index (κ2) is 10.1. The molecule has 1 N–H and O–H groups in total. The molecular weight excluding hydrogens is 400 g/mol. The zero-order valence-corrected chi connectivity index (χ0v) is 18.2. The van der Waals surface area contributed by atoms with Crippen molar-refractivity contribution in [2.75, 3.05) is 25.5 Å². The normalized spacial score (nSPS) is 17.9. The molecule has 4 rings (SSSR count). The molecule has 32 heavy (non-hydrogen) atoms. The summed E-state index contributed by atoms with van der Waals surface area (Å²) in [7, 11) is 1.64. The lowest BCUT2D eigenvalue weighted by atomic mass is 9.86. The molecule has 1 heterocycles. The van der Waals surface area contributed by atoms with Gasteiger partial charge in [-0.15, -0.1) is 0 Å². The van der Waals surface area contributed by atoms with E-state index in [4.69, 9.17) is 4.74 Å². The molecule has 5 heteroatoms. The molecule has 0 unspecified atom stereocenters. The van der Waals surface area contributed by atoms with Gasteiger partial charge in [-0.3, -0.25) is 9.59 Å². The first-order valence-electron chi connectivity index (χ1n) is 11.0. The number of nitrogens with zero attached hydrogens (tertiary/aromatic N) is 1. The summed E-state index contributed by atoms with van der Waals surface area (Å²) in [5.41, 5.74) is 3.00. The number of methoxy groups -OCH3 is 1. The maximum absolute atomic E-state index is 13.3. The molecule has 3 aromatic carbocycles. The summed E-state index contributed by atoms with van der Waals surface area (Å²) in [6.45, 7) is 1.26. The lowest BCUT2D eigenvalue weighted by molar-refractivity contribution is -0.133. The number of carbonyl (C=O) groups excluding carboxylic acids is 2. The lowest BCUT2D eigenvalue weighted by Gasteiger charge is -2.17. The Kier molecular flexibility index (Phi) is 6.85. The lowest BCUT2D eigenvalue weighted by Crippen LogP contribution is -2.30. The molecule has 2 atom stereocenters. The predicted molar refractivity (Wildman–Crippen MR) is 126 cm³/mol. The van der Waals surface area contributed by atoms with Crippen LogP contribution in [0, 0.1) is 5.92 Å². The van der Waals surface area contributed by atoms with Gasteiger partial charge in [0.25, 0.3) is 0 Å². The summed E-state index contributed by atoms with van der Waals surface area (Å²) >= 11 is 0. The number of likely N-dealkylation sites (tertiary alicyclic amines) is 1. The van der Waals surface area contributed by atoms with Crippen LogP contribution in [0.5, 0.6) is 5.75 Å². The predicted octanol–water partition coefficient (Wildman–Crippen LogP) is 4.51. The number of benzene rings is 3. The van der Waals surface area contributed by atoms with E-state index in [1.54, 1.807) is 7.11 Å². The number of anilines is 1. The third-order valence-electron chi connectivity index (χ3n) is 6.05. The summed E-state index contributed by atoms with van der Waals surface area (Å²) in [5.74, 6) is 0.258. The molecule has 0 aliphatic carbocycles. The van der Waals surface area contributed by atoms with Gasteiger partial charge in [0.1, 0.15) is 5.75 Å². The van der Waals surface area contributed by atoms with E-state index in [0.717, 1.165) is 23.4 Å². The molecule has 0 radical (unpaired) electrons. The molecular formula is C27H28N2O3. The minimum absolute atomic E-state index is 0.0364. The van der Waals surface area contributed by atoms with Crippen molar-refractivity contribution in [3.63, 3.8) is 0 Å². The van der Waals surface area contributed by atoms with E-state index in [2.05, 4.69) is 17.4 Å². The van der Waals surface area contributed by atoms with Gasteiger partial charge >= 0.3 is 0 Å². The smallest absolute Gasteiger partial charge is 0.226 e. The summed E-state index contributed by atoms with van der Waals surface area (Å²) < 4.78 is 5.28. The Hall–Kier alpha value is -3.60. The molecule has 1 aliphatic heterocycles. The monoisotopic (exact) mass is 428 g/mol. The Bertz CT molecular complexity index is 1040. The molecule has 5 nitrogen and oxygen atoms in total. The van der Waals surface area contributed by atoms with Crippen LogP contribution in [0.4, 0.5) is 5.69 Å². The molecule has 0 aromatic heterocycles. The van der Waals surface area contributed by atoms with Crippen molar-refractivity contribution in [1.82, 2.24) is 4.90 Å². The Morgan fingerprint density at radius 1 is 0.969 bits per heavy atom. The van der Waals surface area contributed by atoms with Gasteiger partial charge in [0.15, 0.2) is 0 Å². The van der Waals surface area contributed by atoms with Gasteiger partial charge in [-0.1, -0.05) is 60.7 Å². The molecule has 0 saturated carbocycles. The minimum Gasteiger partial charge on any atom is -0.497 e. The third-order valence-corrected chi connectivity index (χ3v) is 6.05. The summed E-state index contributed by atoms with van der Waals surface area (Å²) in [4.78, 5) is 28.0. The average molecular weight is 429 g/mol. The third kappa shape index (κ3) is 5.17. The number of ether oxygens (including phenoxy) is 1. The van der Waals surface area contributed by atoms with Crippen molar-refractivity contribution >= 4 is 17.5 Å². The van der Waals surface area contributed by atoms with Gasteiger partial charge in [-0.05, 0) is 41.8 Å². The molecule has 1 saturated heterocycles. The number of para-hydroxylation sites is 1. The van der Waals surface area contributed by atoms with Gasteiger partial charge in [0.05, 0.1) is 13.0 Å². The van der Waals surface area contributed by atoms with Crippen molar-refractivity contribution in [2.45, 2.75) is 18.8 Å². The van der Waals surface area contributed by atoms with Crippen LogP contribution in [0.3, 0.4) is 0 Å². The first-order chi connectivity index (χ1) is 15.6. The van der Waals surface area contributed by atoms with E-state index < -0.39 is 0 Å². The van der Waals surface area contributed by atoms with Crippen LogP contribution in [0.15, 0.2) is 84.9 Å². The minimum atomic E-state index is -0.386. The number of nitrogens with one attached hydrogen (secondary N) is 1. The highest BCUT2D eigenvalue weighted by Crippen LogP contribution is 2.37. The van der Waals surface area contributed by atoms with Crippen LogP contribution >= 0.6 is 0 Å². The van der Waals surface area contributed by atoms with Crippen LogP contribution < -0.4 is 10.1 Å². The summed E-state index contributed by atoms with van der Waals surface area (Å²) in [6, 6.07) is 27.3. The second-order valence-electron chi connectivity index (χ2n) is 8.12. The fraction of sp³-hybridized carbons (Fsp3) is 0.259. The highest BCUT2D eigenvalue weighted by molar-refractivity contribution is 5.95. The van der Waals surface area contributed by atoms with E-state index in [9.17, 15) is 9.59 Å². The SMILES string of the molecule is COc1ccc([C@H]2CN(CCc3ccccc3)C(=O)[C@@H]2CC(=O)Nc2ccccc2)cc1. The topological polar surface area (TPSA) is 58.6 Å². The molecule has 3 aromatic rings. The Morgan fingerprint density at radius 3 is 2.28 bits per heavy atom. The van der Waals surface area contributed by atoms with Gasteiger partial charge in [0, 0.05) is 31.1 Å². The van der Waals surface area contributed by atoms with Crippen LogP contribution in [-0.2, 0) is 16.0 Å². The number of rotatable bonds is 8. The fourth-order valence-electron chi connectivity index (χ4n) is 4.32. The highest BCUT2D eigenvalue weighted by Gasteiger charge is 2.41. The van der Waals surface area contributed by atoms with Crippen molar-refractivity contribution in [3.8, 4) is 5.75 Å². The van der Waals surface area contributed by atoms with Gasteiger partial charge in [0.2, 0.25) is 11.8 Å². The molecule has 2 amide bonds. The summed E-state index contributed by atoms with van der Waals surface area (Å²) in [6.07, 6.45) is 0.955. The maximum Gasteiger partial charge on any atom is 0.226 e. The molecule has 0 spiro atoms. The van der Waals surface area contributed by atoms with E-state index in [1.807, 2.05) is 77.7 Å². The number of carbonyl (C=O) groups is 2. The van der Waals surface area contributed by atoms with Gasteiger partial charge < -0.3 is 15.0 Å². The zero-order chi connectivity index (χ0) is 22.3. The van der Waals surface area contributed by atoms with Crippen molar-refractivity contribution in [3.05, 3.63) is 96.1 Å². The van der Waals surface area contributed by atoms with Crippen molar-refractivity contribution in [2.24, 2.45) is 5.92 Å². The van der Waals surface area contributed by atoms with E-state index in [0.29, 0.717) is 13.1 Å². The first-order valence-corrected chi connectivity index (χ1v) is 11.0. The first kappa shape index (κ1) is 21.6. The van der Waals surface area contributed by atoms with E-state index in [-0.39, 0.29) is 30.1 Å². The molecule has 164 valence electrons. The number of hydrogen-bond donors (Lipinski definition) is 1. The average Bonchev–Trinajstić information content (AvgIpc) is 3.14. The Balaban J connectivity index is 1.50. The summed E-state index contributed by atoms with van der Waals surface area (Å²) in [5, 5.41) is 2.92. The molecule has 1 fully saturated rings. The van der Waals surface area contributed by atoms with E-state index in [1.165, 1.54) is 5.56 Å². The fourth-order valence-corrected chi connectivity index (χ4v) is 4.32. The largest absolute Gasteiger partial charge is 0.497 e. The van der Waals surface area contributed by atoms with Crippen LogP contribution in [0.25, 0.3) is 0 Å². The van der Waals surface area contributed by atoms with Gasteiger partial charge in [-0.25, -0.2) is 0 Å². The highest BCUT2D eigenvalue weighted by atomic mass is 16.5. The second-order valence-corrected chi connectivity index (χ2v) is 8.12. The molecule has 1 aliphatic rings. The van der Waals surface area contributed by atoms with Crippen molar-refractivity contribution < 1.29 is 14.3 Å². The van der Waals surface area contributed by atoms with Crippen LogP contribution in [0.1, 0.15) is 23.5 Å². The van der Waals surface area contributed by atoms with Crippen molar-refractivity contribution in [1.29, 1.82) is 0 Å². The van der Waals surface area contributed by atoms with E-state index >= 15 is 0 Å². The van der Waals surface area contributed by atoms with Crippen LogP contribution in [-0.4, -0.2) is 36.9 Å². The quantitative estimate of drug-likeness (QED) is 0.574. The van der Waals surface area contributed by atoms with Gasteiger partial charge in [-0.2, -0.15) is 0 Å². The number of amides is 2. The Morgan fingerprint density at radius 2 is 1.62 bits per heavy atom. The standard InChI is InChI=1S/C27H28N2O3/c1-32-23-14-12-21(13-15-23)25-19-29(17-16-20-8-4-2-5-9-20)27(31)24(25)18-26(30)28-22-10-6-3-7-11-22/h2-15,24-25H,16-19H2,1H3,(H,28,30)/t24-,25-/m1/s1. The number of hydrogen-bond acceptors (Lipinski definition) is 3. The molecule has 0 bridgehead atoms. The Labute approximate surface area is 189 Å².